The smallest absolute Gasteiger partial charge is 0.416 e. The second-order valence-electron chi connectivity index (χ2n) is 6.58. The molecule has 2 rings (SSSR count). The van der Waals surface area contributed by atoms with E-state index in [1.54, 1.807) is 23.9 Å². The Bertz CT molecular complexity index is 577. The summed E-state index contributed by atoms with van der Waals surface area (Å²) in [6, 6.07) is 5.30. The Morgan fingerprint density at radius 3 is 2.62 bits per heavy atom. The van der Waals surface area contributed by atoms with Gasteiger partial charge in [0, 0.05) is 17.7 Å². The maximum atomic E-state index is 12.8. The fourth-order valence-electron chi connectivity index (χ4n) is 3.40. The fraction of sp³-hybridized carbons (Fsp3) is 0.632. The molecule has 0 saturated carbocycles. The molecule has 1 aliphatic rings. The molecule has 0 bridgehead atoms. The van der Waals surface area contributed by atoms with Gasteiger partial charge in [-0.05, 0) is 49.9 Å². The lowest BCUT2D eigenvalue weighted by atomic mass is 9.85. The van der Waals surface area contributed by atoms with Crippen LogP contribution in [0.5, 0.6) is 0 Å². The first-order valence-corrected chi connectivity index (χ1v) is 10.1. The van der Waals surface area contributed by atoms with E-state index in [4.69, 9.17) is 4.74 Å². The van der Waals surface area contributed by atoms with E-state index >= 15 is 0 Å². The van der Waals surface area contributed by atoms with Crippen LogP contribution >= 0.6 is 11.8 Å². The lowest BCUT2D eigenvalue weighted by Gasteiger charge is -2.39. The van der Waals surface area contributed by atoms with Gasteiger partial charge in [0.25, 0.3) is 0 Å². The summed E-state index contributed by atoms with van der Waals surface area (Å²) < 4.78 is 43.8. The third-order valence-corrected chi connectivity index (χ3v) is 5.60. The number of halogens is 3. The summed E-state index contributed by atoms with van der Waals surface area (Å²) in [6.07, 6.45) is -2.05. The number of hydrogen-bond acceptors (Lipinski definition) is 4. The van der Waals surface area contributed by atoms with Crippen molar-refractivity contribution in [2.24, 2.45) is 5.92 Å². The Labute approximate surface area is 157 Å². The molecule has 146 valence electrons. The van der Waals surface area contributed by atoms with Gasteiger partial charge in [0.15, 0.2) is 0 Å². The average molecular weight is 389 g/mol. The molecule has 0 unspecified atom stereocenters. The zero-order chi connectivity index (χ0) is 19.2. The Kier molecular flexibility index (Phi) is 7.83. The van der Waals surface area contributed by atoms with Crippen LogP contribution in [-0.2, 0) is 15.7 Å². The highest BCUT2D eigenvalue weighted by Crippen LogP contribution is 2.37. The standard InChI is InChI=1S/C19H26F3NO2S/c1-3-26-12-10-17(24)25-13-15-5-4-11-23(2)18(15)14-6-8-16(9-7-14)19(20,21)22/h6-9,15,18H,3-5,10-13H2,1-2H3/t15-,18+/m0/s1. The van der Waals surface area contributed by atoms with Crippen molar-refractivity contribution in [3.8, 4) is 0 Å². The van der Waals surface area contributed by atoms with Gasteiger partial charge < -0.3 is 4.74 Å². The molecule has 1 fully saturated rings. The molecule has 3 nitrogen and oxygen atoms in total. The number of carbonyl (C=O) groups excluding carboxylic acids is 1. The summed E-state index contributed by atoms with van der Waals surface area (Å²) in [7, 11) is 1.97. The second-order valence-corrected chi connectivity index (χ2v) is 7.97. The number of nitrogens with zero attached hydrogens (tertiary/aromatic N) is 1. The zero-order valence-corrected chi connectivity index (χ0v) is 16.0. The van der Waals surface area contributed by atoms with E-state index in [0.29, 0.717) is 13.0 Å². The fourth-order valence-corrected chi connectivity index (χ4v) is 4.00. The van der Waals surface area contributed by atoms with Crippen LogP contribution in [0.2, 0.25) is 0 Å². The number of ether oxygens (including phenoxy) is 1. The van der Waals surface area contributed by atoms with Crippen LogP contribution in [-0.4, -0.2) is 42.6 Å². The number of likely N-dealkylation sites (tertiary alicyclic amines) is 1. The molecule has 0 radical (unpaired) electrons. The minimum absolute atomic E-state index is 0.0381. The Morgan fingerprint density at radius 2 is 2.00 bits per heavy atom. The lowest BCUT2D eigenvalue weighted by molar-refractivity contribution is -0.146. The summed E-state index contributed by atoms with van der Waals surface area (Å²) >= 11 is 1.70. The predicted molar refractivity (Wildman–Crippen MR) is 98.1 cm³/mol. The first-order chi connectivity index (χ1) is 12.3. The molecular weight excluding hydrogens is 363 g/mol. The zero-order valence-electron chi connectivity index (χ0n) is 15.2. The van der Waals surface area contributed by atoms with Crippen molar-refractivity contribution in [2.75, 3.05) is 31.7 Å². The number of thioether (sulfide) groups is 1. The molecule has 0 spiro atoms. The van der Waals surface area contributed by atoms with Crippen molar-refractivity contribution in [1.29, 1.82) is 0 Å². The third-order valence-electron chi connectivity index (χ3n) is 4.70. The number of piperidine rings is 1. The molecular formula is C19H26F3NO2S. The lowest BCUT2D eigenvalue weighted by Crippen LogP contribution is -2.38. The molecule has 0 aromatic heterocycles. The van der Waals surface area contributed by atoms with Gasteiger partial charge in [-0.15, -0.1) is 0 Å². The highest BCUT2D eigenvalue weighted by atomic mass is 32.2. The largest absolute Gasteiger partial charge is 0.465 e. The van der Waals surface area contributed by atoms with E-state index in [1.165, 1.54) is 0 Å². The summed E-state index contributed by atoms with van der Waals surface area (Å²) in [4.78, 5) is 14.0. The highest BCUT2D eigenvalue weighted by Gasteiger charge is 2.33. The minimum atomic E-state index is -4.33. The van der Waals surface area contributed by atoms with Crippen LogP contribution in [0.4, 0.5) is 13.2 Å². The van der Waals surface area contributed by atoms with Crippen LogP contribution in [0.25, 0.3) is 0 Å². The summed E-state index contributed by atoms with van der Waals surface area (Å²) in [6.45, 7) is 3.23. The monoisotopic (exact) mass is 389 g/mol. The summed E-state index contributed by atoms with van der Waals surface area (Å²) in [5, 5.41) is 0. The molecule has 7 heteroatoms. The topological polar surface area (TPSA) is 29.5 Å². The van der Waals surface area contributed by atoms with Gasteiger partial charge in [-0.1, -0.05) is 19.1 Å². The highest BCUT2D eigenvalue weighted by molar-refractivity contribution is 7.99. The number of hydrogen-bond donors (Lipinski definition) is 0. The molecule has 1 aromatic rings. The SMILES string of the molecule is CCSCCC(=O)OC[C@@H]1CCCN(C)[C@@H]1c1ccc(C(F)(F)F)cc1. The van der Waals surface area contributed by atoms with Crippen LogP contribution in [0, 0.1) is 5.92 Å². The molecule has 0 N–H and O–H groups in total. The van der Waals surface area contributed by atoms with Crippen LogP contribution in [0.15, 0.2) is 24.3 Å². The number of alkyl halides is 3. The number of esters is 1. The van der Waals surface area contributed by atoms with Crippen LogP contribution in [0.1, 0.15) is 43.4 Å². The van der Waals surface area contributed by atoms with Gasteiger partial charge in [0.1, 0.15) is 0 Å². The van der Waals surface area contributed by atoms with Crippen molar-refractivity contribution in [1.82, 2.24) is 4.90 Å². The second kappa shape index (κ2) is 9.65. The molecule has 1 saturated heterocycles. The van der Waals surface area contributed by atoms with Crippen LogP contribution in [0.3, 0.4) is 0 Å². The molecule has 1 aliphatic heterocycles. The summed E-state index contributed by atoms with van der Waals surface area (Å²) in [5.41, 5.74) is 0.193. The molecule has 0 amide bonds. The van der Waals surface area contributed by atoms with Gasteiger partial charge in [-0.2, -0.15) is 24.9 Å². The first kappa shape index (κ1) is 21.1. The van der Waals surface area contributed by atoms with Gasteiger partial charge in [-0.3, -0.25) is 9.69 Å². The normalized spacial score (nSPS) is 21.6. The van der Waals surface area contributed by atoms with Crippen molar-refractivity contribution in [3.63, 3.8) is 0 Å². The molecule has 2 atom stereocenters. The van der Waals surface area contributed by atoms with Crippen molar-refractivity contribution in [3.05, 3.63) is 35.4 Å². The minimum Gasteiger partial charge on any atom is -0.465 e. The quantitative estimate of drug-likeness (QED) is 0.496. The van der Waals surface area contributed by atoms with E-state index in [2.05, 4.69) is 4.90 Å². The van der Waals surface area contributed by atoms with Crippen molar-refractivity contribution >= 4 is 17.7 Å². The van der Waals surface area contributed by atoms with E-state index < -0.39 is 11.7 Å². The number of rotatable bonds is 7. The van der Waals surface area contributed by atoms with Crippen molar-refractivity contribution < 1.29 is 22.7 Å². The van der Waals surface area contributed by atoms with Gasteiger partial charge in [0.2, 0.25) is 0 Å². The van der Waals surface area contributed by atoms with E-state index in [1.807, 2.05) is 14.0 Å². The van der Waals surface area contributed by atoms with Crippen molar-refractivity contribution in [2.45, 2.75) is 38.4 Å². The Balaban J connectivity index is 2.02. The van der Waals surface area contributed by atoms with Gasteiger partial charge >= 0.3 is 12.1 Å². The molecule has 1 aromatic carbocycles. The first-order valence-electron chi connectivity index (χ1n) is 8.93. The number of carbonyl (C=O) groups is 1. The van der Waals surface area contributed by atoms with E-state index in [0.717, 1.165) is 48.6 Å². The molecule has 1 heterocycles. The Hall–Kier alpha value is -1.21. The maximum absolute atomic E-state index is 12.8. The van der Waals surface area contributed by atoms with E-state index in [-0.39, 0.29) is 17.9 Å². The van der Waals surface area contributed by atoms with Gasteiger partial charge in [-0.25, -0.2) is 0 Å². The van der Waals surface area contributed by atoms with E-state index in [9.17, 15) is 18.0 Å². The number of benzene rings is 1. The van der Waals surface area contributed by atoms with Gasteiger partial charge in [0.05, 0.1) is 18.6 Å². The molecule has 0 aliphatic carbocycles. The Morgan fingerprint density at radius 1 is 1.31 bits per heavy atom. The molecule has 26 heavy (non-hydrogen) atoms. The van der Waals surface area contributed by atoms with Crippen LogP contribution < -0.4 is 0 Å². The third kappa shape index (κ3) is 5.91. The summed E-state index contributed by atoms with van der Waals surface area (Å²) in [5.74, 6) is 1.61. The maximum Gasteiger partial charge on any atom is 0.416 e. The average Bonchev–Trinajstić information content (AvgIpc) is 2.59. The predicted octanol–water partition coefficient (Wildman–Crippen LogP) is 4.77.